The second-order valence-corrected chi connectivity index (χ2v) is 10.1. The third kappa shape index (κ3) is 5.78. The Balaban J connectivity index is 1.58. The molecular weight excluding hydrogens is 384 g/mol. The summed E-state index contributed by atoms with van der Waals surface area (Å²) in [5, 5.41) is 8.25. The molecule has 1 aliphatic carbocycles. The van der Waals surface area contributed by atoms with Crippen molar-refractivity contribution in [2.45, 2.75) is 64.0 Å². The molecule has 0 saturated heterocycles. The summed E-state index contributed by atoms with van der Waals surface area (Å²) >= 11 is 6.06. The lowest BCUT2D eigenvalue weighted by molar-refractivity contribution is 0.365. The first-order valence-electron chi connectivity index (χ1n) is 9.24. The number of benzene rings is 1. The third-order valence-electron chi connectivity index (χ3n) is 4.65. The molecule has 6 nitrogen and oxygen atoms in total. The van der Waals surface area contributed by atoms with Gasteiger partial charge in [0.2, 0.25) is 0 Å². The van der Waals surface area contributed by atoms with Gasteiger partial charge in [-0.15, -0.1) is 0 Å². The van der Waals surface area contributed by atoms with Gasteiger partial charge in [0.15, 0.2) is 0 Å². The van der Waals surface area contributed by atoms with Crippen molar-refractivity contribution < 1.29 is 8.42 Å². The van der Waals surface area contributed by atoms with Crippen molar-refractivity contribution in [1.29, 1.82) is 0 Å². The quantitative estimate of drug-likeness (QED) is 0.696. The first-order chi connectivity index (χ1) is 12.6. The lowest BCUT2D eigenvalue weighted by Crippen LogP contribution is -2.50. The molecule has 1 aromatic heterocycles. The second-order valence-electron chi connectivity index (χ2n) is 8.24. The molecule has 8 heteroatoms. The molecule has 148 valence electrons. The summed E-state index contributed by atoms with van der Waals surface area (Å²) in [6.45, 7) is 5.50. The maximum atomic E-state index is 12.2. The molecular formula is C19H27ClN4O2S. The van der Waals surface area contributed by atoms with E-state index in [4.69, 9.17) is 11.6 Å². The van der Waals surface area contributed by atoms with Gasteiger partial charge in [-0.25, -0.2) is 0 Å². The molecule has 2 aromatic rings. The number of H-pyrrole nitrogens is 1. The molecule has 27 heavy (non-hydrogen) atoms. The van der Waals surface area contributed by atoms with Crippen LogP contribution in [0.15, 0.2) is 30.3 Å². The van der Waals surface area contributed by atoms with E-state index in [1.54, 1.807) is 0 Å². The topological polar surface area (TPSA) is 86.9 Å². The van der Waals surface area contributed by atoms with Crippen LogP contribution in [0.25, 0.3) is 11.3 Å². The minimum atomic E-state index is -3.49. The number of hydrogen-bond acceptors (Lipinski definition) is 3. The fourth-order valence-corrected chi connectivity index (χ4v) is 5.25. The number of aromatic amines is 1. The first-order valence-corrected chi connectivity index (χ1v) is 11.1. The predicted octanol–water partition coefficient (Wildman–Crippen LogP) is 3.98. The van der Waals surface area contributed by atoms with E-state index < -0.39 is 15.7 Å². The van der Waals surface area contributed by atoms with Gasteiger partial charge >= 0.3 is 0 Å². The zero-order valence-electron chi connectivity index (χ0n) is 15.9. The fraction of sp³-hybridized carbons (Fsp3) is 0.526. The summed E-state index contributed by atoms with van der Waals surface area (Å²) in [6, 6.07) is 9.68. The monoisotopic (exact) mass is 410 g/mol. The summed E-state index contributed by atoms with van der Waals surface area (Å²) in [4.78, 5) is 0. The maximum absolute atomic E-state index is 12.2. The van der Waals surface area contributed by atoms with Crippen LogP contribution in [0.4, 0.5) is 0 Å². The second kappa shape index (κ2) is 7.91. The van der Waals surface area contributed by atoms with E-state index in [1.807, 2.05) is 45.0 Å². The normalized spacial score (nSPS) is 21.3. The Morgan fingerprint density at radius 1 is 1.15 bits per heavy atom. The largest absolute Gasteiger partial charge is 0.282 e. The zero-order chi connectivity index (χ0) is 19.7. The van der Waals surface area contributed by atoms with E-state index in [2.05, 4.69) is 25.7 Å². The summed E-state index contributed by atoms with van der Waals surface area (Å²) < 4.78 is 29.8. The van der Waals surface area contributed by atoms with Gasteiger partial charge in [0.05, 0.1) is 5.69 Å². The van der Waals surface area contributed by atoms with Crippen LogP contribution >= 0.6 is 11.6 Å². The molecule has 0 amide bonds. The average Bonchev–Trinajstić information content (AvgIpc) is 3.03. The van der Waals surface area contributed by atoms with Gasteiger partial charge in [-0.1, -0.05) is 23.7 Å². The number of aromatic nitrogens is 2. The van der Waals surface area contributed by atoms with Crippen molar-refractivity contribution in [3.05, 3.63) is 41.0 Å². The number of hydrogen-bond donors (Lipinski definition) is 3. The summed E-state index contributed by atoms with van der Waals surface area (Å²) in [5.74, 6) is 0.363. The average molecular weight is 411 g/mol. The summed E-state index contributed by atoms with van der Waals surface area (Å²) in [5.41, 5.74) is 2.47. The molecule has 3 N–H and O–H groups in total. The molecule has 0 spiro atoms. The molecule has 1 heterocycles. The van der Waals surface area contributed by atoms with Crippen LogP contribution in [-0.4, -0.2) is 30.2 Å². The Kier molecular flexibility index (Phi) is 5.96. The van der Waals surface area contributed by atoms with Gasteiger partial charge in [0.1, 0.15) is 0 Å². The van der Waals surface area contributed by atoms with Crippen molar-refractivity contribution in [1.82, 2.24) is 19.6 Å². The minimum Gasteiger partial charge on any atom is -0.282 e. The number of nitrogens with zero attached hydrogens (tertiary/aromatic N) is 1. The Bertz CT molecular complexity index is 881. The highest BCUT2D eigenvalue weighted by Crippen LogP contribution is 2.34. The Labute approximate surface area is 166 Å². The van der Waals surface area contributed by atoms with Gasteiger partial charge in [-0.3, -0.25) is 5.10 Å². The molecule has 1 fully saturated rings. The Morgan fingerprint density at radius 3 is 2.48 bits per heavy atom. The van der Waals surface area contributed by atoms with Crippen molar-refractivity contribution in [2.24, 2.45) is 0 Å². The molecule has 0 aliphatic heterocycles. The maximum Gasteiger partial charge on any atom is 0.277 e. The molecule has 0 atom stereocenters. The molecule has 1 aromatic carbocycles. The highest BCUT2D eigenvalue weighted by atomic mass is 35.5. The van der Waals surface area contributed by atoms with Crippen LogP contribution in [-0.2, 0) is 10.2 Å². The number of halogens is 1. The molecule has 3 rings (SSSR count). The van der Waals surface area contributed by atoms with Crippen LogP contribution < -0.4 is 9.44 Å². The van der Waals surface area contributed by atoms with E-state index in [1.165, 1.54) is 0 Å². The number of nitrogens with one attached hydrogen (secondary N) is 3. The lowest BCUT2D eigenvalue weighted by Gasteiger charge is -2.29. The predicted molar refractivity (Wildman–Crippen MR) is 109 cm³/mol. The van der Waals surface area contributed by atoms with E-state index in [0.29, 0.717) is 10.9 Å². The van der Waals surface area contributed by atoms with Crippen LogP contribution in [0, 0.1) is 0 Å². The fourth-order valence-electron chi connectivity index (χ4n) is 3.52. The summed E-state index contributed by atoms with van der Waals surface area (Å²) in [7, 11) is -3.49. The van der Waals surface area contributed by atoms with E-state index in [9.17, 15) is 8.42 Å². The van der Waals surface area contributed by atoms with Crippen molar-refractivity contribution in [3.63, 3.8) is 0 Å². The van der Waals surface area contributed by atoms with Crippen LogP contribution in [0.5, 0.6) is 0 Å². The van der Waals surface area contributed by atoms with Crippen LogP contribution in [0.2, 0.25) is 5.02 Å². The van der Waals surface area contributed by atoms with Gasteiger partial charge in [-0.2, -0.15) is 23.0 Å². The zero-order valence-corrected chi connectivity index (χ0v) is 17.5. The number of rotatable bonds is 5. The van der Waals surface area contributed by atoms with E-state index in [0.717, 1.165) is 42.6 Å². The van der Waals surface area contributed by atoms with Crippen molar-refractivity contribution in [3.8, 4) is 11.3 Å². The molecule has 0 bridgehead atoms. The SMILES string of the molecule is CC(C)(C)NS(=O)(=O)NC1CCC(c2cc(-c3cccc(Cl)c3)n[nH]2)CC1. The minimum absolute atomic E-state index is 0.0311. The highest BCUT2D eigenvalue weighted by Gasteiger charge is 2.28. The van der Waals surface area contributed by atoms with Crippen molar-refractivity contribution >= 4 is 21.8 Å². The van der Waals surface area contributed by atoms with E-state index >= 15 is 0 Å². The van der Waals surface area contributed by atoms with Crippen LogP contribution in [0.3, 0.4) is 0 Å². The van der Waals surface area contributed by atoms with Gasteiger partial charge in [0.25, 0.3) is 10.2 Å². The lowest BCUT2D eigenvalue weighted by atomic mass is 9.84. The van der Waals surface area contributed by atoms with Gasteiger partial charge < -0.3 is 0 Å². The van der Waals surface area contributed by atoms with Gasteiger partial charge in [-0.05, 0) is 64.7 Å². The standard InChI is InChI=1S/C19H27ClN4O2S/c1-19(2,3)24-27(25,26)23-16-9-7-13(8-10-16)17-12-18(22-21-17)14-5-4-6-15(20)11-14/h4-6,11-13,16,23-24H,7-10H2,1-3H3,(H,21,22). The van der Waals surface area contributed by atoms with E-state index in [-0.39, 0.29) is 6.04 Å². The summed E-state index contributed by atoms with van der Waals surface area (Å²) in [6.07, 6.45) is 3.45. The molecule has 1 aliphatic rings. The first kappa shape index (κ1) is 20.3. The van der Waals surface area contributed by atoms with Crippen LogP contribution in [0.1, 0.15) is 58.1 Å². The highest BCUT2D eigenvalue weighted by molar-refractivity contribution is 7.87. The molecule has 0 unspecified atom stereocenters. The van der Waals surface area contributed by atoms with Gasteiger partial charge in [0, 0.05) is 33.8 Å². The molecule has 0 radical (unpaired) electrons. The van der Waals surface area contributed by atoms with Crippen molar-refractivity contribution in [2.75, 3.05) is 0 Å². The molecule has 1 saturated carbocycles. The Morgan fingerprint density at radius 2 is 1.85 bits per heavy atom. The smallest absolute Gasteiger partial charge is 0.277 e. The Hall–Kier alpha value is -1.41. The third-order valence-corrected chi connectivity index (χ3v) is 6.41.